The van der Waals surface area contributed by atoms with Crippen molar-refractivity contribution in [3.05, 3.63) is 97.2 Å². The second-order valence-electron chi connectivity index (χ2n) is 11.0. The molecule has 38 heavy (non-hydrogen) atoms. The summed E-state index contributed by atoms with van der Waals surface area (Å²) < 4.78 is 15.7. The molecule has 1 fully saturated rings. The Kier molecular flexibility index (Phi) is 5.28. The Morgan fingerprint density at radius 3 is 2.18 bits per heavy atom. The first-order valence-corrected chi connectivity index (χ1v) is 13.9. The van der Waals surface area contributed by atoms with Gasteiger partial charge in [0.2, 0.25) is 0 Å². The molecule has 0 radical (unpaired) electrons. The standard InChI is InChI=1S/C33H28BNO2S/c1-32(2)33(3,4)37-34(36-32)26-18-19-28-30(25-11-5-6-13-27(25)38-28)29(26)22-16-14-21(15-17-22)24-12-7-9-23-10-8-20-35-31(23)24/h5-20H,1-4H3. The molecule has 0 aliphatic carbocycles. The average Bonchev–Trinajstić information content (AvgIpc) is 3.40. The molecule has 186 valence electrons. The Morgan fingerprint density at radius 1 is 0.684 bits per heavy atom. The topological polar surface area (TPSA) is 31.4 Å². The van der Waals surface area contributed by atoms with Gasteiger partial charge in [-0.15, -0.1) is 11.3 Å². The van der Waals surface area contributed by atoms with Gasteiger partial charge in [-0.3, -0.25) is 4.98 Å². The number of thiophene rings is 1. The zero-order chi connectivity index (χ0) is 26.1. The number of rotatable bonds is 3. The predicted molar refractivity (Wildman–Crippen MR) is 161 cm³/mol. The third-order valence-corrected chi connectivity index (χ3v) is 9.34. The number of para-hydroxylation sites is 1. The van der Waals surface area contributed by atoms with Crippen LogP contribution in [0.25, 0.3) is 53.3 Å². The van der Waals surface area contributed by atoms with Crippen molar-refractivity contribution in [2.45, 2.75) is 38.9 Å². The van der Waals surface area contributed by atoms with Crippen molar-refractivity contribution in [3.63, 3.8) is 0 Å². The minimum Gasteiger partial charge on any atom is -0.399 e. The van der Waals surface area contributed by atoms with Crippen molar-refractivity contribution in [2.75, 3.05) is 0 Å². The molecule has 1 aliphatic heterocycles. The van der Waals surface area contributed by atoms with Crippen molar-refractivity contribution in [2.24, 2.45) is 0 Å². The van der Waals surface area contributed by atoms with E-state index in [0.29, 0.717) is 0 Å². The fraction of sp³-hybridized carbons (Fsp3) is 0.182. The lowest BCUT2D eigenvalue weighted by Crippen LogP contribution is -2.41. The molecule has 3 heterocycles. The zero-order valence-corrected chi connectivity index (χ0v) is 22.8. The van der Waals surface area contributed by atoms with Crippen LogP contribution in [0.5, 0.6) is 0 Å². The summed E-state index contributed by atoms with van der Waals surface area (Å²) in [5.74, 6) is 0. The lowest BCUT2D eigenvalue weighted by molar-refractivity contribution is 0.00578. The monoisotopic (exact) mass is 513 g/mol. The van der Waals surface area contributed by atoms with Crippen LogP contribution in [0.1, 0.15) is 27.7 Å². The maximum Gasteiger partial charge on any atom is 0.495 e. The molecule has 0 spiro atoms. The van der Waals surface area contributed by atoms with Crippen LogP contribution < -0.4 is 5.46 Å². The van der Waals surface area contributed by atoms with Gasteiger partial charge >= 0.3 is 7.12 Å². The molecule has 0 atom stereocenters. The number of hydrogen-bond donors (Lipinski definition) is 0. The van der Waals surface area contributed by atoms with E-state index >= 15 is 0 Å². The Bertz CT molecular complexity index is 1820. The molecular formula is C33H28BNO2S. The summed E-state index contributed by atoms with van der Waals surface area (Å²) >= 11 is 1.83. The predicted octanol–water partition coefficient (Wildman–Crippen LogP) is 8.24. The maximum absolute atomic E-state index is 6.56. The summed E-state index contributed by atoms with van der Waals surface area (Å²) in [7, 11) is -0.444. The minimum atomic E-state index is -0.444. The van der Waals surface area contributed by atoms with Gasteiger partial charge < -0.3 is 9.31 Å². The van der Waals surface area contributed by atoms with E-state index in [-0.39, 0.29) is 0 Å². The zero-order valence-electron chi connectivity index (χ0n) is 22.0. The first kappa shape index (κ1) is 23.6. The highest BCUT2D eigenvalue weighted by atomic mass is 32.1. The van der Waals surface area contributed by atoms with E-state index in [1.54, 1.807) is 0 Å². The van der Waals surface area contributed by atoms with Gasteiger partial charge in [0, 0.05) is 37.3 Å². The van der Waals surface area contributed by atoms with Crippen LogP contribution in [-0.4, -0.2) is 23.3 Å². The smallest absolute Gasteiger partial charge is 0.399 e. The highest BCUT2D eigenvalue weighted by Crippen LogP contribution is 2.42. The van der Waals surface area contributed by atoms with Crippen molar-refractivity contribution < 1.29 is 9.31 Å². The number of nitrogens with zero attached hydrogens (tertiary/aromatic N) is 1. The molecular weight excluding hydrogens is 485 g/mol. The summed E-state index contributed by atoms with van der Waals surface area (Å²) in [5, 5.41) is 3.67. The molecule has 4 aromatic carbocycles. The second-order valence-corrected chi connectivity index (χ2v) is 12.1. The Labute approximate surface area is 227 Å². The lowest BCUT2D eigenvalue weighted by atomic mass is 9.73. The van der Waals surface area contributed by atoms with Gasteiger partial charge in [0.05, 0.1) is 16.7 Å². The first-order valence-electron chi connectivity index (χ1n) is 13.1. The molecule has 6 aromatic rings. The molecule has 0 amide bonds. The van der Waals surface area contributed by atoms with Crippen LogP contribution in [0.4, 0.5) is 0 Å². The second kappa shape index (κ2) is 8.50. The SMILES string of the molecule is CC1(C)OB(c2ccc3sc4ccccc4c3c2-c2ccc(-c3cccc4cccnc34)cc2)OC1(C)C. The minimum absolute atomic E-state index is 0.411. The molecule has 0 unspecified atom stereocenters. The normalized spacial score (nSPS) is 16.6. The molecule has 0 N–H and O–H groups in total. The number of pyridine rings is 1. The Morgan fingerprint density at radius 2 is 1.39 bits per heavy atom. The first-order chi connectivity index (χ1) is 18.3. The summed E-state index contributed by atoms with van der Waals surface area (Å²) in [4.78, 5) is 4.67. The van der Waals surface area contributed by atoms with Crippen LogP contribution in [0.3, 0.4) is 0 Å². The van der Waals surface area contributed by atoms with Gasteiger partial charge in [0.25, 0.3) is 0 Å². The molecule has 5 heteroatoms. The summed E-state index contributed by atoms with van der Waals surface area (Å²) in [6.07, 6.45) is 1.86. The quantitative estimate of drug-likeness (QED) is 0.223. The Balaban J connectivity index is 1.43. The lowest BCUT2D eigenvalue weighted by Gasteiger charge is -2.32. The van der Waals surface area contributed by atoms with Crippen LogP contribution in [0, 0.1) is 0 Å². The van der Waals surface area contributed by atoms with E-state index in [0.717, 1.165) is 33.1 Å². The summed E-state index contributed by atoms with van der Waals surface area (Å²) in [6, 6.07) is 32.4. The van der Waals surface area contributed by atoms with Gasteiger partial charge in [-0.1, -0.05) is 72.8 Å². The number of hydrogen-bond acceptors (Lipinski definition) is 4. The number of aromatic nitrogens is 1. The van der Waals surface area contributed by atoms with Crippen LogP contribution in [-0.2, 0) is 9.31 Å². The molecule has 0 saturated carbocycles. The van der Waals surface area contributed by atoms with E-state index in [1.807, 2.05) is 23.6 Å². The van der Waals surface area contributed by atoms with Gasteiger partial charge in [-0.2, -0.15) is 0 Å². The van der Waals surface area contributed by atoms with E-state index in [9.17, 15) is 0 Å². The van der Waals surface area contributed by atoms with Gasteiger partial charge in [0.1, 0.15) is 0 Å². The summed E-state index contributed by atoms with van der Waals surface area (Å²) in [6.45, 7) is 8.44. The molecule has 7 rings (SSSR count). The van der Waals surface area contributed by atoms with Crippen LogP contribution in [0.15, 0.2) is 97.2 Å². The van der Waals surface area contributed by atoms with Gasteiger partial charge in [0.15, 0.2) is 0 Å². The van der Waals surface area contributed by atoms with E-state index < -0.39 is 18.3 Å². The van der Waals surface area contributed by atoms with Crippen LogP contribution >= 0.6 is 11.3 Å². The van der Waals surface area contributed by atoms with E-state index in [4.69, 9.17) is 9.31 Å². The fourth-order valence-corrected chi connectivity index (χ4v) is 6.58. The third kappa shape index (κ3) is 3.61. The van der Waals surface area contributed by atoms with Crippen LogP contribution in [0.2, 0.25) is 0 Å². The van der Waals surface area contributed by atoms with E-state index in [1.165, 1.54) is 25.7 Å². The number of benzene rings is 4. The highest BCUT2D eigenvalue weighted by molar-refractivity contribution is 7.26. The maximum atomic E-state index is 6.56. The Hall–Kier alpha value is -3.51. The molecule has 3 nitrogen and oxygen atoms in total. The fourth-order valence-electron chi connectivity index (χ4n) is 5.46. The highest BCUT2D eigenvalue weighted by Gasteiger charge is 2.52. The van der Waals surface area contributed by atoms with Crippen molar-refractivity contribution in [1.82, 2.24) is 4.98 Å². The third-order valence-electron chi connectivity index (χ3n) is 8.20. The largest absolute Gasteiger partial charge is 0.495 e. The van der Waals surface area contributed by atoms with Crippen molar-refractivity contribution in [1.29, 1.82) is 0 Å². The van der Waals surface area contributed by atoms with Crippen molar-refractivity contribution in [3.8, 4) is 22.3 Å². The summed E-state index contributed by atoms with van der Waals surface area (Å²) in [5.41, 5.74) is 5.89. The molecule has 0 bridgehead atoms. The molecule has 1 aliphatic rings. The van der Waals surface area contributed by atoms with Gasteiger partial charge in [-0.05, 0) is 68.0 Å². The molecule has 1 saturated heterocycles. The molecule has 2 aromatic heterocycles. The van der Waals surface area contributed by atoms with E-state index in [2.05, 4.69) is 118 Å². The van der Waals surface area contributed by atoms with Crippen molar-refractivity contribution >= 4 is 55.0 Å². The average molecular weight is 513 g/mol. The number of fused-ring (bicyclic) bond motifs is 4. The van der Waals surface area contributed by atoms with Gasteiger partial charge in [-0.25, -0.2) is 0 Å².